The zero-order valence-electron chi connectivity index (χ0n) is 7.62. The maximum absolute atomic E-state index is 9.41. The number of fused-ring (bicyclic) bond motifs is 2. The van der Waals surface area contributed by atoms with Crippen LogP contribution in [0.2, 0.25) is 0 Å². The van der Waals surface area contributed by atoms with Gasteiger partial charge in [-0.15, -0.1) is 0 Å². The zero-order valence-corrected chi connectivity index (χ0v) is 7.62. The fourth-order valence-electron chi connectivity index (χ4n) is 2.15. The molecule has 0 aromatic heterocycles. The molecule has 1 unspecified atom stereocenters. The van der Waals surface area contributed by atoms with Crippen LogP contribution in [-0.4, -0.2) is 29.2 Å². The van der Waals surface area contributed by atoms with E-state index in [0.29, 0.717) is 0 Å². The molecule has 2 heterocycles. The first-order chi connectivity index (χ1) is 5.61. The molecule has 1 N–H and O–H groups in total. The molecule has 2 aliphatic heterocycles. The number of ether oxygens (including phenoxy) is 2. The van der Waals surface area contributed by atoms with Gasteiger partial charge in [0.15, 0.2) is 5.79 Å². The van der Waals surface area contributed by atoms with Crippen molar-refractivity contribution in [2.75, 3.05) is 0 Å². The lowest BCUT2D eigenvalue weighted by molar-refractivity contribution is -0.183. The van der Waals surface area contributed by atoms with Gasteiger partial charge >= 0.3 is 0 Å². The van der Waals surface area contributed by atoms with Crippen LogP contribution in [0, 0.1) is 0 Å². The van der Waals surface area contributed by atoms with Crippen LogP contribution in [0.4, 0.5) is 0 Å². The van der Waals surface area contributed by atoms with Crippen molar-refractivity contribution in [3.05, 3.63) is 0 Å². The first kappa shape index (κ1) is 8.48. The molecule has 70 valence electrons. The van der Waals surface area contributed by atoms with E-state index < -0.39 is 11.9 Å². The van der Waals surface area contributed by atoms with E-state index in [0.717, 1.165) is 19.3 Å². The first-order valence-corrected chi connectivity index (χ1v) is 4.64. The molecule has 4 atom stereocenters. The van der Waals surface area contributed by atoms with Gasteiger partial charge in [-0.05, 0) is 26.7 Å². The Labute approximate surface area is 72.7 Å². The van der Waals surface area contributed by atoms with E-state index in [1.165, 1.54) is 0 Å². The summed E-state index contributed by atoms with van der Waals surface area (Å²) in [6.07, 6.45) is 2.69. The summed E-state index contributed by atoms with van der Waals surface area (Å²) in [5, 5.41) is 9.41. The molecule has 0 amide bonds. The lowest BCUT2D eigenvalue weighted by Gasteiger charge is -2.26. The molecule has 0 aliphatic carbocycles. The fraction of sp³-hybridized carbons (Fsp3) is 1.00. The van der Waals surface area contributed by atoms with Crippen LogP contribution >= 0.6 is 0 Å². The summed E-state index contributed by atoms with van der Waals surface area (Å²) in [5.41, 5.74) is 0. The molecule has 0 spiro atoms. The first-order valence-electron chi connectivity index (χ1n) is 4.64. The molecule has 0 aromatic rings. The Balaban J connectivity index is 2.12. The lowest BCUT2D eigenvalue weighted by atomic mass is 10.0. The highest BCUT2D eigenvalue weighted by Crippen LogP contribution is 2.40. The number of aliphatic hydroxyl groups excluding tert-OH is 1. The van der Waals surface area contributed by atoms with Gasteiger partial charge in [0, 0.05) is 6.42 Å². The molecular formula is C9H16O3. The summed E-state index contributed by atoms with van der Waals surface area (Å²) < 4.78 is 11.3. The monoisotopic (exact) mass is 172 g/mol. The van der Waals surface area contributed by atoms with Gasteiger partial charge in [0.1, 0.15) is 6.10 Å². The van der Waals surface area contributed by atoms with Gasteiger partial charge in [0.25, 0.3) is 0 Å². The van der Waals surface area contributed by atoms with Gasteiger partial charge in [-0.2, -0.15) is 0 Å². The summed E-state index contributed by atoms with van der Waals surface area (Å²) in [4.78, 5) is 0. The quantitative estimate of drug-likeness (QED) is 0.642. The number of hydrogen-bond donors (Lipinski definition) is 1. The van der Waals surface area contributed by atoms with Crippen molar-refractivity contribution in [1.82, 2.24) is 0 Å². The molecule has 2 saturated heterocycles. The molecule has 2 rings (SSSR count). The Kier molecular flexibility index (Phi) is 1.90. The van der Waals surface area contributed by atoms with Crippen LogP contribution in [-0.2, 0) is 9.47 Å². The Morgan fingerprint density at radius 1 is 1.50 bits per heavy atom. The Bertz CT molecular complexity index is 181. The molecule has 0 radical (unpaired) electrons. The van der Waals surface area contributed by atoms with Gasteiger partial charge in [-0.1, -0.05) is 0 Å². The van der Waals surface area contributed by atoms with Gasteiger partial charge in [-0.25, -0.2) is 0 Å². The molecular weight excluding hydrogens is 156 g/mol. The second-order valence-corrected chi connectivity index (χ2v) is 4.01. The molecule has 0 aromatic carbocycles. The smallest absolute Gasteiger partial charge is 0.166 e. The topological polar surface area (TPSA) is 38.7 Å². The summed E-state index contributed by atoms with van der Waals surface area (Å²) in [6, 6.07) is 0. The molecule has 2 fully saturated rings. The standard InChI is InChI=1S/C9H16O3/c1-6(10)8-7-4-3-5-9(2,11-7)12-8/h6-8,10H,3-5H2,1-2H3/t6-,7-,8?,9+/m0/s1. The van der Waals surface area contributed by atoms with E-state index in [2.05, 4.69) is 0 Å². The van der Waals surface area contributed by atoms with E-state index >= 15 is 0 Å². The minimum Gasteiger partial charge on any atom is -0.391 e. The number of rotatable bonds is 1. The summed E-state index contributed by atoms with van der Waals surface area (Å²) >= 11 is 0. The van der Waals surface area contributed by atoms with Gasteiger partial charge in [-0.3, -0.25) is 0 Å². The van der Waals surface area contributed by atoms with Gasteiger partial charge in [0.05, 0.1) is 12.2 Å². The van der Waals surface area contributed by atoms with Gasteiger partial charge in [0.2, 0.25) is 0 Å². The third-order valence-corrected chi connectivity index (χ3v) is 2.75. The van der Waals surface area contributed by atoms with E-state index in [1.807, 2.05) is 6.92 Å². The van der Waals surface area contributed by atoms with E-state index in [9.17, 15) is 5.11 Å². The number of aliphatic hydroxyl groups is 1. The molecule has 2 aliphatic rings. The Hall–Kier alpha value is -0.120. The highest BCUT2D eigenvalue weighted by Gasteiger charge is 2.48. The van der Waals surface area contributed by atoms with E-state index in [1.54, 1.807) is 6.92 Å². The number of hydrogen-bond acceptors (Lipinski definition) is 3. The Morgan fingerprint density at radius 3 is 2.83 bits per heavy atom. The van der Waals surface area contributed by atoms with Crippen molar-refractivity contribution in [1.29, 1.82) is 0 Å². The molecule has 3 heteroatoms. The minimum atomic E-state index is -0.421. The SMILES string of the molecule is C[C@H](O)C1O[C@]2(C)CCC[C@@H]1O2. The predicted molar refractivity (Wildman–Crippen MR) is 43.7 cm³/mol. The Morgan fingerprint density at radius 2 is 2.25 bits per heavy atom. The summed E-state index contributed by atoms with van der Waals surface area (Å²) in [7, 11) is 0. The minimum absolute atomic E-state index is 0.113. The van der Waals surface area contributed by atoms with Crippen LogP contribution < -0.4 is 0 Å². The third-order valence-electron chi connectivity index (χ3n) is 2.75. The molecule has 0 saturated carbocycles. The second kappa shape index (κ2) is 2.69. The van der Waals surface area contributed by atoms with Gasteiger partial charge < -0.3 is 14.6 Å². The molecule has 3 nitrogen and oxygen atoms in total. The predicted octanol–water partition coefficient (Wildman–Crippen LogP) is 1.05. The summed E-state index contributed by atoms with van der Waals surface area (Å²) in [5.74, 6) is -0.412. The normalized spacial score (nSPS) is 49.2. The third kappa shape index (κ3) is 1.26. The highest BCUT2D eigenvalue weighted by molar-refractivity contribution is 4.90. The van der Waals surface area contributed by atoms with Crippen LogP contribution in [0.1, 0.15) is 33.1 Å². The average molecular weight is 172 g/mol. The van der Waals surface area contributed by atoms with Crippen LogP contribution in [0.3, 0.4) is 0 Å². The van der Waals surface area contributed by atoms with E-state index in [4.69, 9.17) is 9.47 Å². The van der Waals surface area contributed by atoms with Crippen molar-refractivity contribution in [3.63, 3.8) is 0 Å². The maximum Gasteiger partial charge on any atom is 0.166 e. The van der Waals surface area contributed by atoms with Crippen molar-refractivity contribution in [2.45, 2.75) is 57.2 Å². The fourth-order valence-corrected chi connectivity index (χ4v) is 2.15. The van der Waals surface area contributed by atoms with Crippen molar-refractivity contribution in [3.8, 4) is 0 Å². The largest absolute Gasteiger partial charge is 0.391 e. The average Bonchev–Trinajstić information content (AvgIpc) is 2.22. The zero-order chi connectivity index (χ0) is 8.77. The van der Waals surface area contributed by atoms with Crippen molar-refractivity contribution < 1.29 is 14.6 Å². The molecule has 2 bridgehead atoms. The lowest BCUT2D eigenvalue weighted by Crippen LogP contribution is -2.32. The van der Waals surface area contributed by atoms with Crippen molar-refractivity contribution >= 4 is 0 Å². The van der Waals surface area contributed by atoms with E-state index in [-0.39, 0.29) is 12.2 Å². The highest BCUT2D eigenvalue weighted by atomic mass is 16.8. The second-order valence-electron chi connectivity index (χ2n) is 4.01. The van der Waals surface area contributed by atoms with Crippen LogP contribution in [0.5, 0.6) is 0 Å². The van der Waals surface area contributed by atoms with Crippen molar-refractivity contribution in [2.24, 2.45) is 0 Å². The van der Waals surface area contributed by atoms with Crippen LogP contribution in [0.15, 0.2) is 0 Å². The maximum atomic E-state index is 9.41. The van der Waals surface area contributed by atoms with Crippen LogP contribution in [0.25, 0.3) is 0 Å². The summed E-state index contributed by atoms with van der Waals surface area (Å²) in [6.45, 7) is 3.72. The molecule has 12 heavy (non-hydrogen) atoms.